The van der Waals surface area contributed by atoms with Crippen molar-refractivity contribution in [3.8, 4) is 11.3 Å². The zero-order valence-electron chi connectivity index (χ0n) is 13.5. The molecular formula is C17H20ClN4O2+. The van der Waals surface area contributed by atoms with Crippen molar-refractivity contribution in [3.05, 3.63) is 51.8 Å². The molecule has 1 N–H and O–H groups in total. The number of amides is 1. The highest BCUT2D eigenvalue weighted by Gasteiger charge is 2.22. The fourth-order valence-electron chi connectivity index (χ4n) is 2.70. The summed E-state index contributed by atoms with van der Waals surface area (Å²) in [5.41, 5.74) is 1.21. The minimum atomic E-state index is -0.277. The van der Waals surface area contributed by atoms with Crippen molar-refractivity contribution in [2.24, 2.45) is 0 Å². The smallest absolute Gasteiger partial charge is 0.267 e. The largest absolute Gasteiger partial charge is 0.334 e. The van der Waals surface area contributed by atoms with Crippen LogP contribution in [0.2, 0.25) is 5.02 Å². The van der Waals surface area contributed by atoms with Crippen molar-refractivity contribution >= 4 is 17.5 Å². The molecule has 1 aliphatic rings. The van der Waals surface area contributed by atoms with Gasteiger partial charge in [-0.2, -0.15) is 5.10 Å². The molecule has 2 heterocycles. The minimum Gasteiger partial charge on any atom is -0.334 e. The van der Waals surface area contributed by atoms with Gasteiger partial charge >= 0.3 is 0 Å². The monoisotopic (exact) mass is 347 g/mol. The lowest BCUT2D eigenvalue weighted by Gasteiger charge is -2.30. The number of benzene rings is 1. The van der Waals surface area contributed by atoms with E-state index in [2.05, 4.69) is 12.1 Å². The fraction of sp³-hybridized carbons (Fsp3) is 0.353. The van der Waals surface area contributed by atoms with E-state index in [1.165, 1.54) is 15.6 Å². The summed E-state index contributed by atoms with van der Waals surface area (Å²) in [7, 11) is 2.11. The topological polar surface area (TPSA) is 59.6 Å². The van der Waals surface area contributed by atoms with Gasteiger partial charge in [-0.05, 0) is 18.2 Å². The van der Waals surface area contributed by atoms with Crippen LogP contribution >= 0.6 is 11.6 Å². The Hall–Kier alpha value is -2.18. The highest BCUT2D eigenvalue weighted by atomic mass is 35.5. The Kier molecular flexibility index (Phi) is 4.97. The normalized spacial score (nSPS) is 15.5. The minimum absolute atomic E-state index is 0.0285. The van der Waals surface area contributed by atoms with Crippen molar-refractivity contribution in [3.63, 3.8) is 0 Å². The summed E-state index contributed by atoms with van der Waals surface area (Å²) < 4.78 is 1.23. The average Bonchev–Trinajstić information content (AvgIpc) is 2.58. The fourth-order valence-corrected chi connectivity index (χ4v) is 2.83. The maximum absolute atomic E-state index is 12.4. The second-order valence-corrected chi connectivity index (χ2v) is 6.50. The van der Waals surface area contributed by atoms with Crippen LogP contribution in [0, 0.1) is 0 Å². The molecule has 0 radical (unpaired) electrons. The Morgan fingerprint density at radius 2 is 1.83 bits per heavy atom. The van der Waals surface area contributed by atoms with E-state index < -0.39 is 0 Å². The highest BCUT2D eigenvalue weighted by Crippen LogP contribution is 2.18. The van der Waals surface area contributed by atoms with Crippen LogP contribution in [0.25, 0.3) is 11.3 Å². The van der Waals surface area contributed by atoms with Gasteiger partial charge in [0.1, 0.15) is 6.54 Å². The van der Waals surface area contributed by atoms with Crippen LogP contribution in [-0.2, 0) is 11.3 Å². The Morgan fingerprint density at radius 3 is 2.50 bits per heavy atom. The molecule has 1 aromatic carbocycles. The van der Waals surface area contributed by atoms with Crippen molar-refractivity contribution in [1.29, 1.82) is 0 Å². The van der Waals surface area contributed by atoms with E-state index >= 15 is 0 Å². The summed E-state index contributed by atoms with van der Waals surface area (Å²) in [5.74, 6) is -0.0645. The van der Waals surface area contributed by atoms with E-state index in [1.54, 1.807) is 23.1 Å². The third-order valence-corrected chi connectivity index (χ3v) is 4.51. The molecule has 1 amide bonds. The second kappa shape index (κ2) is 7.15. The molecule has 24 heavy (non-hydrogen) atoms. The van der Waals surface area contributed by atoms with Crippen LogP contribution in [0.3, 0.4) is 0 Å². The molecule has 1 aromatic heterocycles. The number of nitrogens with one attached hydrogen (secondary N) is 1. The van der Waals surface area contributed by atoms with E-state index in [9.17, 15) is 9.59 Å². The van der Waals surface area contributed by atoms with Gasteiger partial charge in [-0.15, -0.1) is 0 Å². The number of piperazine rings is 1. The molecule has 3 rings (SSSR count). The second-order valence-electron chi connectivity index (χ2n) is 6.06. The summed E-state index contributed by atoms with van der Waals surface area (Å²) in [4.78, 5) is 27.7. The van der Waals surface area contributed by atoms with Gasteiger partial charge in [0, 0.05) is 16.7 Å². The van der Waals surface area contributed by atoms with E-state index in [1.807, 2.05) is 12.1 Å². The molecule has 0 spiro atoms. The first-order valence-electron chi connectivity index (χ1n) is 7.96. The molecule has 1 fully saturated rings. The quantitative estimate of drug-likeness (QED) is 0.845. The molecular weight excluding hydrogens is 328 g/mol. The summed E-state index contributed by atoms with van der Waals surface area (Å²) in [6.07, 6.45) is 0. The van der Waals surface area contributed by atoms with Gasteiger partial charge < -0.3 is 9.80 Å². The zero-order chi connectivity index (χ0) is 17.1. The predicted molar refractivity (Wildman–Crippen MR) is 92.1 cm³/mol. The number of rotatable bonds is 3. The van der Waals surface area contributed by atoms with Gasteiger partial charge in [0.25, 0.3) is 5.56 Å². The summed E-state index contributed by atoms with van der Waals surface area (Å²) >= 11 is 5.89. The molecule has 0 aliphatic carbocycles. The number of quaternary nitrogens is 1. The maximum atomic E-state index is 12.4. The number of nitrogens with zero attached hydrogens (tertiary/aromatic N) is 3. The van der Waals surface area contributed by atoms with Gasteiger partial charge in [-0.25, -0.2) is 4.68 Å². The van der Waals surface area contributed by atoms with Crippen LogP contribution in [0.4, 0.5) is 0 Å². The summed E-state index contributed by atoms with van der Waals surface area (Å²) in [5, 5.41) is 4.97. The number of halogens is 1. The Balaban J connectivity index is 1.78. The molecule has 0 saturated carbocycles. The lowest BCUT2D eigenvalue weighted by atomic mass is 10.1. The first kappa shape index (κ1) is 16.7. The van der Waals surface area contributed by atoms with E-state index in [0.29, 0.717) is 10.7 Å². The van der Waals surface area contributed by atoms with Crippen LogP contribution in [0.5, 0.6) is 0 Å². The van der Waals surface area contributed by atoms with Gasteiger partial charge in [0.15, 0.2) is 0 Å². The van der Waals surface area contributed by atoms with Crippen LogP contribution in [0.1, 0.15) is 0 Å². The molecule has 2 aromatic rings. The van der Waals surface area contributed by atoms with E-state index in [0.717, 1.165) is 31.7 Å². The van der Waals surface area contributed by atoms with Crippen molar-refractivity contribution in [2.75, 3.05) is 33.2 Å². The number of carbonyl (C=O) groups excluding carboxylic acids is 1. The summed E-state index contributed by atoms with van der Waals surface area (Å²) in [6, 6.07) is 10.3. The van der Waals surface area contributed by atoms with Crippen molar-refractivity contribution in [1.82, 2.24) is 14.7 Å². The lowest BCUT2D eigenvalue weighted by molar-refractivity contribution is -0.883. The third-order valence-electron chi connectivity index (χ3n) is 4.26. The molecule has 0 unspecified atom stereocenters. The van der Waals surface area contributed by atoms with Crippen LogP contribution in [-0.4, -0.2) is 53.8 Å². The van der Waals surface area contributed by atoms with Crippen molar-refractivity contribution in [2.45, 2.75) is 6.54 Å². The first-order valence-corrected chi connectivity index (χ1v) is 8.34. The molecule has 0 bridgehead atoms. The number of carbonyl (C=O) groups is 1. The number of hydrogen-bond donors (Lipinski definition) is 1. The molecule has 1 aliphatic heterocycles. The molecule has 7 heteroatoms. The number of likely N-dealkylation sites (N-methyl/N-ethyl adjacent to an activating group) is 1. The van der Waals surface area contributed by atoms with Crippen molar-refractivity contribution < 1.29 is 9.69 Å². The maximum Gasteiger partial charge on any atom is 0.267 e. The van der Waals surface area contributed by atoms with Gasteiger partial charge in [0.05, 0.1) is 38.9 Å². The zero-order valence-corrected chi connectivity index (χ0v) is 14.3. The SMILES string of the molecule is C[NH+]1CCN(C(=O)Cn2nc(-c3ccc(Cl)cc3)ccc2=O)CC1. The van der Waals surface area contributed by atoms with Crippen LogP contribution in [0.15, 0.2) is 41.2 Å². The Labute approximate surface area is 145 Å². The first-order chi connectivity index (χ1) is 11.5. The number of aromatic nitrogens is 2. The standard InChI is InChI=1S/C17H19ClN4O2/c1-20-8-10-21(11-9-20)17(24)12-22-16(23)7-6-15(19-22)13-2-4-14(18)5-3-13/h2-7H,8-12H2,1H3/p+1. The molecule has 6 nitrogen and oxygen atoms in total. The summed E-state index contributed by atoms with van der Waals surface area (Å²) in [6.45, 7) is 3.27. The highest BCUT2D eigenvalue weighted by molar-refractivity contribution is 6.30. The molecule has 126 valence electrons. The van der Waals surface area contributed by atoms with Crippen LogP contribution < -0.4 is 10.5 Å². The van der Waals surface area contributed by atoms with Gasteiger partial charge in [-0.1, -0.05) is 23.7 Å². The molecule has 0 atom stereocenters. The van der Waals surface area contributed by atoms with Gasteiger partial charge in [0.2, 0.25) is 5.91 Å². The Morgan fingerprint density at radius 1 is 1.17 bits per heavy atom. The lowest BCUT2D eigenvalue weighted by Crippen LogP contribution is -3.12. The Bertz CT molecular complexity index is 780. The van der Waals surface area contributed by atoms with Gasteiger partial charge in [-0.3, -0.25) is 9.59 Å². The molecule has 1 saturated heterocycles. The number of hydrogen-bond acceptors (Lipinski definition) is 3. The van der Waals surface area contributed by atoms with E-state index in [-0.39, 0.29) is 18.0 Å². The third kappa shape index (κ3) is 3.83. The predicted octanol–water partition coefficient (Wildman–Crippen LogP) is -0.0794. The average molecular weight is 348 g/mol. The van der Waals surface area contributed by atoms with E-state index in [4.69, 9.17) is 11.6 Å².